The van der Waals surface area contributed by atoms with E-state index in [9.17, 15) is 4.79 Å². The number of amides is 1. The standard InChI is InChI=1S/C14H18N2O4/c15-14(17)6-11-8-16(3-4-18-11)7-10-1-2-12-13(5-10)20-9-19-12/h1-2,5,11H,3-4,6-9H2,(H2,15,17). The van der Waals surface area contributed by atoms with Crippen LogP contribution in [0.3, 0.4) is 0 Å². The predicted octanol–water partition coefficient (Wildman–Crippen LogP) is 0.491. The monoisotopic (exact) mass is 278 g/mol. The van der Waals surface area contributed by atoms with Gasteiger partial charge in [-0.1, -0.05) is 6.07 Å². The van der Waals surface area contributed by atoms with Gasteiger partial charge in [-0.2, -0.15) is 0 Å². The number of benzene rings is 1. The number of nitrogens with zero attached hydrogens (tertiary/aromatic N) is 1. The van der Waals surface area contributed by atoms with E-state index < -0.39 is 0 Å². The summed E-state index contributed by atoms with van der Waals surface area (Å²) in [6.45, 7) is 3.29. The SMILES string of the molecule is NC(=O)CC1CN(Cc2ccc3c(c2)OCO3)CCO1. The molecule has 108 valence electrons. The Hall–Kier alpha value is -1.79. The van der Waals surface area contributed by atoms with Gasteiger partial charge in [0, 0.05) is 19.6 Å². The van der Waals surface area contributed by atoms with Gasteiger partial charge >= 0.3 is 0 Å². The number of carbonyl (C=O) groups excluding carboxylic acids is 1. The number of hydrogen-bond acceptors (Lipinski definition) is 5. The lowest BCUT2D eigenvalue weighted by atomic mass is 10.1. The molecule has 2 N–H and O–H groups in total. The first-order valence-electron chi connectivity index (χ1n) is 6.71. The van der Waals surface area contributed by atoms with Crippen molar-refractivity contribution in [1.29, 1.82) is 0 Å². The van der Waals surface area contributed by atoms with Crippen molar-refractivity contribution in [2.24, 2.45) is 5.73 Å². The van der Waals surface area contributed by atoms with E-state index in [1.54, 1.807) is 0 Å². The number of hydrogen-bond donors (Lipinski definition) is 1. The Bertz CT molecular complexity index is 506. The number of morpholine rings is 1. The zero-order chi connectivity index (χ0) is 13.9. The van der Waals surface area contributed by atoms with E-state index in [0.717, 1.165) is 36.7 Å². The molecule has 0 bridgehead atoms. The highest BCUT2D eigenvalue weighted by atomic mass is 16.7. The lowest BCUT2D eigenvalue weighted by Crippen LogP contribution is -2.43. The summed E-state index contributed by atoms with van der Waals surface area (Å²) in [6, 6.07) is 5.96. The van der Waals surface area contributed by atoms with Gasteiger partial charge in [-0.15, -0.1) is 0 Å². The number of carbonyl (C=O) groups is 1. The smallest absolute Gasteiger partial charge is 0.231 e. The fourth-order valence-corrected chi connectivity index (χ4v) is 2.57. The van der Waals surface area contributed by atoms with Crippen molar-refractivity contribution in [1.82, 2.24) is 4.90 Å². The van der Waals surface area contributed by atoms with Gasteiger partial charge in [-0.25, -0.2) is 0 Å². The van der Waals surface area contributed by atoms with Crippen molar-refractivity contribution in [2.45, 2.75) is 19.1 Å². The van der Waals surface area contributed by atoms with Gasteiger partial charge in [-0.3, -0.25) is 9.69 Å². The quantitative estimate of drug-likeness (QED) is 0.867. The van der Waals surface area contributed by atoms with Crippen LogP contribution < -0.4 is 15.2 Å². The predicted molar refractivity (Wildman–Crippen MR) is 71.4 cm³/mol. The third kappa shape index (κ3) is 3.02. The van der Waals surface area contributed by atoms with Crippen molar-refractivity contribution >= 4 is 5.91 Å². The molecule has 0 saturated carbocycles. The largest absolute Gasteiger partial charge is 0.454 e. The third-order valence-electron chi connectivity index (χ3n) is 3.49. The zero-order valence-electron chi connectivity index (χ0n) is 11.2. The average Bonchev–Trinajstić information content (AvgIpc) is 2.85. The van der Waals surface area contributed by atoms with Crippen molar-refractivity contribution in [3.05, 3.63) is 23.8 Å². The maximum Gasteiger partial charge on any atom is 0.231 e. The highest BCUT2D eigenvalue weighted by Crippen LogP contribution is 2.32. The third-order valence-corrected chi connectivity index (χ3v) is 3.49. The molecule has 2 aliphatic heterocycles. The second-order valence-corrected chi connectivity index (χ2v) is 5.09. The summed E-state index contributed by atoms with van der Waals surface area (Å²) < 4.78 is 16.2. The Labute approximate surface area is 117 Å². The molecule has 2 heterocycles. The molecule has 1 saturated heterocycles. The van der Waals surface area contributed by atoms with Crippen molar-refractivity contribution in [3.8, 4) is 11.5 Å². The van der Waals surface area contributed by atoms with E-state index in [-0.39, 0.29) is 25.2 Å². The lowest BCUT2D eigenvalue weighted by molar-refractivity contribution is -0.123. The molecule has 3 rings (SSSR count). The average molecular weight is 278 g/mol. The van der Waals surface area contributed by atoms with Gasteiger partial charge in [-0.05, 0) is 17.7 Å². The first kappa shape index (κ1) is 13.2. The van der Waals surface area contributed by atoms with Crippen LogP contribution in [0.2, 0.25) is 0 Å². The summed E-state index contributed by atoms with van der Waals surface area (Å²) in [5.74, 6) is 1.27. The molecule has 1 amide bonds. The Kier molecular flexibility index (Phi) is 3.75. The molecular weight excluding hydrogens is 260 g/mol. The first-order chi connectivity index (χ1) is 9.70. The second-order valence-electron chi connectivity index (χ2n) is 5.09. The van der Waals surface area contributed by atoms with Crippen LogP contribution in [0, 0.1) is 0 Å². The van der Waals surface area contributed by atoms with Crippen LogP contribution in [-0.4, -0.2) is 43.4 Å². The topological polar surface area (TPSA) is 74.0 Å². The van der Waals surface area contributed by atoms with Crippen LogP contribution >= 0.6 is 0 Å². The molecule has 20 heavy (non-hydrogen) atoms. The normalized spacial score (nSPS) is 21.9. The van der Waals surface area contributed by atoms with E-state index in [2.05, 4.69) is 4.90 Å². The van der Waals surface area contributed by atoms with Crippen LogP contribution in [0.4, 0.5) is 0 Å². The van der Waals surface area contributed by atoms with Gasteiger partial charge in [0.1, 0.15) is 0 Å². The van der Waals surface area contributed by atoms with Gasteiger partial charge < -0.3 is 19.9 Å². The van der Waals surface area contributed by atoms with E-state index in [0.29, 0.717) is 6.61 Å². The number of nitrogens with two attached hydrogens (primary N) is 1. The van der Waals surface area contributed by atoms with Crippen LogP contribution in [0.15, 0.2) is 18.2 Å². The fraction of sp³-hybridized carbons (Fsp3) is 0.500. The second kappa shape index (κ2) is 5.68. The number of rotatable bonds is 4. The van der Waals surface area contributed by atoms with Crippen LogP contribution in [-0.2, 0) is 16.1 Å². The minimum atomic E-state index is -0.320. The van der Waals surface area contributed by atoms with E-state index in [1.807, 2.05) is 18.2 Å². The van der Waals surface area contributed by atoms with Crippen LogP contribution in [0.5, 0.6) is 11.5 Å². The Morgan fingerprint density at radius 1 is 1.35 bits per heavy atom. The molecule has 0 aromatic heterocycles. The molecule has 0 radical (unpaired) electrons. The summed E-state index contributed by atoms with van der Waals surface area (Å²) in [5.41, 5.74) is 6.38. The fourth-order valence-electron chi connectivity index (χ4n) is 2.57. The van der Waals surface area contributed by atoms with Crippen molar-refractivity contribution in [3.63, 3.8) is 0 Å². The van der Waals surface area contributed by atoms with E-state index >= 15 is 0 Å². The minimum absolute atomic E-state index is 0.102. The first-order valence-corrected chi connectivity index (χ1v) is 6.71. The summed E-state index contributed by atoms with van der Waals surface area (Å²) in [7, 11) is 0. The molecule has 1 aromatic rings. The van der Waals surface area contributed by atoms with Gasteiger partial charge in [0.25, 0.3) is 0 Å². The number of fused-ring (bicyclic) bond motifs is 1. The van der Waals surface area contributed by atoms with Crippen molar-refractivity contribution < 1.29 is 19.0 Å². The minimum Gasteiger partial charge on any atom is -0.454 e. The molecule has 0 aliphatic carbocycles. The summed E-state index contributed by atoms with van der Waals surface area (Å²) in [5, 5.41) is 0. The highest BCUT2D eigenvalue weighted by Gasteiger charge is 2.22. The Morgan fingerprint density at radius 3 is 3.05 bits per heavy atom. The van der Waals surface area contributed by atoms with Gasteiger partial charge in [0.05, 0.1) is 19.1 Å². The molecule has 6 heteroatoms. The molecule has 1 fully saturated rings. The molecular formula is C14H18N2O4. The Balaban J connectivity index is 1.61. The van der Waals surface area contributed by atoms with E-state index in [1.165, 1.54) is 0 Å². The van der Waals surface area contributed by atoms with Gasteiger partial charge in [0.2, 0.25) is 12.7 Å². The zero-order valence-corrected chi connectivity index (χ0v) is 11.2. The summed E-state index contributed by atoms with van der Waals surface area (Å²) in [4.78, 5) is 13.2. The van der Waals surface area contributed by atoms with Gasteiger partial charge in [0.15, 0.2) is 11.5 Å². The Morgan fingerprint density at radius 2 is 2.20 bits per heavy atom. The lowest BCUT2D eigenvalue weighted by Gasteiger charge is -2.32. The maximum atomic E-state index is 11.0. The molecule has 6 nitrogen and oxygen atoms in total. The highest BCUT2D eigenvalue weighted by molar-refractivity contribution is 5.74. The molecule has 1 atom stereocenters. The van der Waals surface area contributed by atoms with E-state index in [4.69, 9.17) is 19.9 Å². The molecule has 2 aliphatic rings. The van der Waals surface area contributed by atoms with Crippen LogP contribution in [0.1, 0.15) is 12.0 Å². The number of primary amides is 1. The van der Waals surface area contributed by atoms with Crippen molar-refractivity contribution in [2.75, 3.05) is 26.5 Å². The summed E-state index contributed by atoms with van der Waals surface area (Å²) in [6.07, 6.45) is 0.174. The maximum absolute atomic E-state index is 11.0. The summed E-state index contributed by atoms with van der Waals surface area (Å²) >= 11 is 0. The molecule has 1 aromatic carbocycles. The molecule has 1 unspecified atom stereocenters. The van der Waals surface area contributed by atoms with Crippen LogP contribution in [0.25, 0.3) is 0 Å². The molecule has 0 spiro atoms. The number of ether oxygens (including phenoxy) is 3.